The Bertz CT molecular complexity index is 491. The number of nitrogens with two attached hydrogens (primary N) is 1. The second-order valence-corrected chi connectivity index (χ2v) is 4.26. The number of ether oxygens (including phenoxy) is 2. The van der Waals surface area contributed by atoms with E-state index in [0.29, 0.717) is 13.2 Å². The molecule has 0 radical (unpaired) electrons. The van der Waals surface area contributed by atoms with Crippen molar-refractivity contribution in [3.63, 3.8) is 0 Å². The first-order valence-electron chi connectivity index (χ1n) is 6.48. The van der Waals surface area contributed by atoms with Gasteiger partial charge in [0.05, 0.1) is 0 Å². The third-order valence-electron chi connectivity index (χ3n) is 2.83. The molecule has 0 fully saturated rings. The van der Waals surface area contributed by atoms with Crippen molar-refractivity contribution in [2.75, 3.05) is 18.9 Å². The van der Waals surface area contributed by atoms with Crippen LogP contribution < -0.4 is 15.2 Å². The highest BCUT2D eigenvalue weighted by Crippen LogP contribution is 2.14. The first kappa shape index (κ1) is 13.3. The SMILES string of the molecule is CCc1ccc(OCCOc2ccc(N)cc2)cc1. The van der Waals surface area contributed by atoms with Gasteiger partial charge in [0.25, 0.3) is 0 Å². The quantitative estimate of drug-likeness (QED) is 0.638. The number of benzene rings is 2. The Balaban J connectivity index is 1.72. The van der Waals surface area contributed by atoms with Crippen LogP contribution in [0.1, 0.15) is 12.5 Å². The fourth-order valence-corrected chi connectivity index (χ4v) is 1.70. The second-order valence-electron chi connectivity index (χ2n) is 4.26. The zero-order valence-corrected chi connectivity index (χ0v) is 11.1. The van der Waals surface area contributed by atoms with Gasteiger partial charge in [0.2, 0.25) is 0 Å². The van der Waals surface area contributed by atoms with Gasteiger partial charge in [0.1, 0.15) is 24.7 Å². The molecule has 0 unspecified atom stereocenters. The number of rotatable bonds is 6. The maximum Gasteiger partial charge on any atom is 0.122 e. The molecule has 0 aliphatic rings. The highest BCUT2D eigenvalue weighted by atomic mass is 16.5. The summed E-state index contributed by atoms with van der Waals surface area (Å²) in [7, 11) is 0. The predicted octanol–water partition coefficient (Wildman–Crippen LogP) is 3.29. The lowest BCUT2D eigenvalue weighted by Crippen LogP contribution is -2.08. The predicted molar refractivity (Wildman–Crippen MR) is 77.7 cm³/mol. The lowest BCUT2D eigenvalue weighted by atomic mass is 10.2. The molecule has 0 amide bonds. The van der Waals surface area contributed by atoms with E-state index in [1.165, 1.54) is 5.56 Å². The van der Waals surface area contributed by atoms with Gasteiger partial charge in [-0.15, -0.1) is 0 Å². The van der Waals surface area contributed by atoms with Gasteiger partial charge >= 0.3 is 0 Å². The minimum Gasteiger partial charge on any atom is -0.490 e. The van der Waals surface area contributed by atoms with Crippen molar-refractivity contribution in [2.45, 2.75) is 13.3 Å². The molecule has 0 saturated carbocycles. The molecule has 2 aromatic rings. The van der Waals surface area contributed by atoms with Gasteiger partial charge in [0.15, 0.2) is 0 Å². The molecular weight excluding hydrogens is 238 g/mol. The van der Waals surface area contributed by atoms with Crippen LogP contribution in [0.3, 0.4) is 0 Å². The molecule has 0 aromatic heterocycles. The molecule has 0 bridgehead atoms. The number of hydrogen-bond donors (Lipinski definition) is 1. The lowest BCUT2D eigenvalue weighted by Gasteiger charge is -2.09. The maximum atomic E-state index is 5.60. The fourth-order valence-electron chi connectivity index (χ4n) is 1.70. The van der Waals surface area contributed by atoms with E-state index in [9.17, 15) is 0 Å². The van der Waals surface area contributed by atoms with Gasteiger partial charge in [-0.1, -0.05) is 19.1 Å². The molecule has 19 heavy (non-hydrogen) atoms. The standard InChI is InChI=1S/C16H19NO2/c1-2-13-3-7-15(8-4-13)18-11-12-19-16-9-5-14(17)6-10-16/h3-10H,2,11-12,17H2,1H3. The highest BCUT2D eigenvalue weighted by molar-refractivity contribution is 5.41. The summed E-state index contributed by atoms with van der Waals surface area (Å²) < 4.78 is 11.1. The van der Waals surface area contributed by atoms with Gasteiger partial charge in [-0.05, 0) is 48.4 Å². The molecule has 0 aliphatic heterocycles. The minimum absolute atomic E-state index is 0.513. The van der Waals surface area contributed by atoms with E-state index in [2.05, 4.69) is 19.1 Å². The Morgan fingerprint density at radius 1 is 0.789 bits per heavy atom. The first-order valence-corrected chi connectivity index (χ1v) is 6.48. The summed E-state index contributed by atoms with van der Waals surface area (Å²) in [5.74, 6) is 1.68. The molecule has 0 aliphatic carbocycles. The van der Waals surface area contributed by atoms with Crippen molar-refractivity contribution in [2.24, 2.45) is 0 Å². The Morgan fingerprint density at radius 2 is 1.26 bits per heavy atom. The van der Waals surface area contributed by atoms with Crippen LogP contribution in [0.4, 0.5) is 5.69 Å². The van der Waals surface area contributed by atoms with Gasteiger partial charge in [-0.2, -0.15) is 0 Å². The van der Waals surface area contributed by atoms with E-state index in [-0.39, 0.29) is 0 Å². The highest BCUT2D eigenvalue weighted by Gasteiger charge is 1.96. The molecule has 0 atom stereocenters. The van der Waals surface area contributed by atoms with Crippen molar-refractivity contribution in [3.8, 4) is 11.5 Å². The van der Waals surface area contributed by atoms with Crippen molar-refractivity contribution < 1.29 is 9.47 Å². The Kier molecular flexibility index (Phi) is 4.67. The summed E-state index contributed by atoms with van der Waals surface area (Å²) in [5, 5.41) is 0. The average Bonchev–Trinajstić information content (AvgIpc) is 2.46. The zero-order chi connectivity index (χ0) is 13.5. The smallest absolute Gasteiger partial charge is 0.122 e. The van der Waals surface area contributed by atoms with E-state index in [0.717, 1.165) is 23.6 Å². The summed E-state index contributed by atoms with van der Waals surface area (Å²) in [6.45, 7) is 3.17. The number of aryl methyl sites for hydroxylation is 1. The van der Waals surface area contributed by atoms with Crippen molar-refractivity contribution >= 4 is 5.69 Å². The molecule has 2 aromatic carbocycles. The Hall–Kier alpha value is -2.16. The molecule has 3 nitrogen and oxygen atoms in total. The molecule has 2 rings (SSSR count). The van der Waals surface area contributed by atoms with Crippen LogP contribution in [0.25, 0.3) is 0 Å². The van der Waals surface area contributed by atoms with E-state index in [4.69, 9.17) is 15.2 Å². The summed E-state index contributed by atoms with van der Waals surface area (Å²) in [4.78, 5) is 0. The molecule has 0 saturated heterocycles. The van der Waals surface area contributed by atoms with Crippen LogP contribution in [-0.4, -0.2) is 13.2 Å². The molecule has 0 spiro atoms. The van der Waals surface area contributed by atoms with Crippen molar-refractivity contribution in [1.82, 2.24) is 0 Å². The maximum absolute atomic E-state index is 5.60. The summed E-state index contributed by atoms with van der Waals surface area (Å²) in [6.07, 6.45) is 1.04. The summed E-state index contributed by atoms with van der Waals surface area (Å²) in [5.41, 5.74) is 7.65. The van der Waals surface area contributed by atoms with Crippen LogP contribution in [0.5, 0.6) is 11.5 Å². The third kappa shape index (κ3) is 4.21. The van der Waals surface area contributed by atoms with Crippen LogP contribution >= 0.6 is 0 Å². The largest absolute Gasteiger partial charge is 0.490 e. The van der Waals surface area contributed by atoms with E-state index >= 15 is 0 Å². The molecule has 3 heteroatoms. The first-order chi connectivity index (χ1) is 9.28. The van der Waals surface area contributed by atoms with Crippen molar-refractivity contribution in [3.05, 3.63) is 54.1 Å². The Labute approximate surface area is 114 Å². The van der Waals surface area contributed by atoms with E-state index < -0.39 is 0 Å². The van der Waals surface area contributed by atoms with Crippen molar-refractivity contribution in [1.29, 1.82) is 0 Å². The monoisotopic (exact) mass is 257 g/mol. The van der Waals surface area contributed by atoms with Crippen LogP contribution in [-0.2, 0) is 6.42 Å². The average molecular weight is 257 g/mol. The molecule has 2 N–H and O–H groups in total. The normalized spacial score (nSPS) is 10.2. The van der Waals surface area contributed by atoms with Gasteiger partial charge in [-0.25, -0.2) is 0 Å². The van der Waals surface area contributed by atoms with Crippen LogP contribution in [0, 0.1) is 0 Å². The molecule has 0 heterocycles. The zero-order valence-electron chi connectivity index (χ0n) is 11.1. The third-order valence-corrected chi connectivity index (χ3v) is 2.83. The minimum atomic E-state index is 0.513. The topological polar surface area (TPSA) is 44.5 Å². The number of anilines is 1. The lowest BCUT2D eigenvalue weighted by molar-refractivity contribution is 0.217. The van der Waals surface area contributed by atoms with Gasteiger partial charge in [-0.3, -0.25) is 0 Å². The van der Waals surface area contributed by atoms with Crippen LogP contribution in [0.2, 0.25) is 0 Å². The number of hydrogen-bond acceptors (Lipinski definition) is 3. The van der Waals surface area contributed by atoms with Gasteiger partial charge < -0.3 is 15.2 Å². The molecular formula is C16H19NO2. The van der Waals surface area contributed by atoms with E-state index in [1.807, 2.05) is 36.4 Å². The number of nitrogen functional groups attached to an aromatic ring is 1. The van der Waals surface area contributed by atoms with Gasteiger partial charge in [0, 0.05) is 5.69 Å². The fraction of sp³-hybridized carbons (Fsp3) is 0.250. The second kappa shape index (κ2) is 6.69. The Morgan fingerprint density at radius 3 is 1.74 bits per heavy atom. The summed E-state index contributed by atoms with van der Waals surface area (Å²) in [6, 6.07) is 15.5. The van der Waals surface area contributed by atoms with E-state index in [1.54, 1.807) is 0 Å². The summed E-state index contributed by atoms with van der Waals surface area (Å²) >= 11 is 0. The van der Waals surface area contributed by atoms with Crippen LogP contribution in [0.15, 0.2) is 48.5 Å². The molecule has 100 valence electrons.